The van der Waals surface area contributed by atoms with Crippen molar-refractivity contribution in [2.45, 2.75) is 5.33 Å². The van der Waals surface area contributed by atoms with Gasteiger partial charge in [0.2, 0.25) is 0 Å². The Morgan fingerprint density at radius 2 is 1.88 bits per heavy atom. The molecule has 0 fully saturated rings. The van der Waals surface area contributed by atoms with Gasteiger partial charge < -0.3 is 4.90 Å². The summed E-state index contributed by atoms with van der Waals surface area (Å²) in [6.45, 7) is 0. The summed E-state index contributed by atoms with van der Waals surface area (Å²) in [7, 11) is 4.08. The summed E-state index contributed by atoms with van der Waals surface area (Å²) < 4.78 is 1.10. The van der Waals surface area contributed by atoms with E-state index in [1.165, 1.54) is 5.69 Å². The summed E-state index contributed by atoms with van der Waals surface area (Å²) in [6, 6.07) is 8.44. The number of alkyl halides is 1. The number of anilines is 1. The molecule has 0 radical (unpaired) electrons. The number of nitrogens with zero attached hydrogens (tertiary/aromatic N) is 2. The van der Waals surface area contributed by atoms with Crippen LogP contribution in [0.4, 0.5) is 5.69 Å². The van der Waals surface area contributed by atoms with Crippen LogP contribution in [-0.4, -0.2) is 19.1 Å². The molecular weight excluding hydrogens is 364 g/mol. The van der Waals surface area contributed by atoms with E-state index in [1.54, 1.807) is 11.3 Å². The van der Waals surface area contributed by atoms with E-state index >= 15 is 0 Å². The third-order valence-electron chi connectivity index (χ3n) is 2.41. The van der Waals surface area contributed by atoms with Gasteiger partial charge in [0.25, 0.3) is 0 Å². The van der Waals surface area contributed by atoms with Crippen molar-refractivity contribution in [1.82, 2.24) is 4.98 Å². The van der Waals surface area contributed by atoms with Gasteiger partial charge in [0.1, 0.15) is 5.01 Å². The average molecular weight is 376 g/mol. The zero-order chi connectivity index (χ0) is 12.4. The Bertz CT molecular complexity index is 506. The van der Waals surface area contributed by atoms with Crippen LogP contribution in [0.15, 0.2) is 28.1 Å². The Morgan fingerprint density at radius 3 is 2.35 bits per heavy atom. The van der Waals surface area contributed by atoms with Gasteiger partial charge in [-0.2, -0.15) is 0 Å². The fraction of sp³-hybridized carbons (Fsp3) is 0.250. The molecule has 0 N–H and O–H groups in total. The topological polar surface area (TPSA) is 16.1 Å². The van der Waals surface area contributed by atoms with Gasteiger partial charge >= 0.3 is 0 Å². The average Bonchev–Trinajstić information content (AvgIpc) is 2.70. The molecule has 0 saturated carbocycles. The van der Waals surface area contributed by atoms with Gasteiger partial charge in [-0.3, -0.25) is 0 Å². The molecule has 2 aromatic rings. The van der Waals surface area contributed by atoms with E-state index in [0.717, 1.165) is 25.4 Å². The third-order valence-corrected chi connectivity index (χ3v) is 4.82. The lowest BCUT2D eigenvalue weighted by molar-refractivity contribution is 1.13. The predicted molar refractivity (Wildman–Crippen MR) is 82.2 cm³/mol. The van der Waals surface area contributed by atoms with Crippen LogP contribution in [0.1, 0.15) is 5.69 Å². The molecule has 2 rings (SSSR count). The minimum Gasteiger partial charge on any atom is -0.378 e. The van der Waals surface area contributed by atoms with Crippen LogP contribution in [0, 0.1) is 0 Å². The molecule has 0 saturated heterocycles. The monoisotopic (exact) mass is 374 g/mol. The second-order valence-electron chi connectivity index (χ2n) is 3.81. The predicted octanol–water partition coefficient (Wildman–Crippen LogP) is 4.53. The van der Waals surface area contributed by atoms with Crippen molar-refractivity contribution in [3.63, 3.8) is 0 Å². The summed E-state index contributed by atoms with van der Waals surface area (Å²) in [5.74, 6) is 0. The zero-order valence-corrected chi connectivity index (χ0v) is 13.6. The summed E-state index contributed by atoms with van der Waals surface area (Å²) in [6.07, 6.45) is 0. The Morgan fingerprint density at radius 1 is 1.24 bits per heavy atom. The molecule has 1 heterocycles. The minimum atomic E-state index is 0.778. The summed E-state index contributed by atoms with van der Waals surface area (Å²) in [5.41, 5.74) is 3.42. The van der Waals surface area contributed by atoms with E-state index in [9.17, 15) is 0 Å². The first-order valence-corrected chi connectivity index (χ1v) is 7.84. The van der Waals surface area contributed by atoms with Gasteiger partial charge in [-0.1, -0.05) is 15.9 Å². The van der Waals surface area contributed by atoms with E-state index in [4.69, 9.17) is 0 Å². The molecule has 0 bridgehead atoms. The van der Waals surface area contributed by atoms with Crippen molar-refractivity contribution < 1.29 is 0 Å². The normalized spacial score (nSPS) is 10.6. The molecule has 0 spiro atoms. The van der Waals surface area contributed by atoms with Crippen LogP contribution in [-0.2, 0) is 5.33 Å². The minimum absolute atomic E-state index is 0.778. The second-order valence-corrected chi connectivity index (χ2v) is 6.69. The highest BCUT2D eigenvalue weighted by atomic mass is 79.9. The molecular formula is C12H12Br2N2S. The molecule has 17 heavy (non-hydrogen) atoms. The van der Waals surface area contributed by atoms with Crippen molar-refractivity contribution in [3.8, 4) is 10.6 Å². The zero-order valence-electron chi connectivity index (χ0n) is 9.58. The Kier molecular flexibility index (Phi) is 4.22. The number of thiazole rings is 1. The fourth-order valence-corrected chi connectivity index (χ4v) is 3.91. The maximum atomic E-state index is 4.58. The quantitative estimate of drug-likeness (QED) is 0.732. The largest absolute Gasteiger partial charge is 0.378 e. The van der Waals surface area contributed by atoms with Crippen LogP contribution >= 0.6 is 43.2 Å². The molecule has 1 aromatic heterocycles. The van der Waals surface area contributed by atoms with E-state index < -0.39 is 0 Å². The molecule has 2 nitrogen and oxygen atoms in total. The van der Waals surface area contributed by atoms with Gasteiger partial charge in [-0.15, -0.1) is 11.3 Å². The third kappa shape index (κ3) is 2.89. The van der Waals surface area contributed by atoms with Crippen LogP contribution in [0.5, 0.6) is 0 Å². The van der Waals surface area contributed by atoms with Crippen molar-refractivity contribution in [2.24, 2.45) is 0 Å². The van der Waals surface area contributed by atoms with E-state index in [2.05, 4.69) is 66.0 Å². The molecule has 0 aliphatic carbocycles. The summed E-state index contributed by atoms with van der Waals surface area (Å²) >= 11 is 8.63. The second kappa shape index (κ2) is 5.50. The molecule has 0 unspecified atom stereocenters. The van der Waals surface area contributed by atoms with Crippen LogP contribution < -0.4 is 4.90 Å². The lowest BCUT2D eigenvalue weighted by Crippen LogP contribution is -2.07. The molecule has 0 aliphatic rings. The lowest BCUT2D eigenvalue weighted by atomic mass is 10.2. The van der Waals surface area contributed by atoms with E-state index in [1.807, 2.05) is 14.1 Å². The fourth-order valence-electron chi connectivity index (χ4n) is 1.44. The highest BCUT2D eigenvalue weighted by Gasteiger charge is 2.09. The first kappa shape index (κ1) is 13.1. The number of rotatable bonds is 3. The lowest BCUT2D eigenvalue weighted by Gasteiger charge is -2.11. The molecule has 0 aliphatic heterocycles. The molecule has 5 heteroatoms. The Hall–Kier alpha value is -0.390. The maximum Gasteiger partial charge on any atom is 0.124 e. The first-order valence-electron chi connectivity index (χ1n) is 5.10. The molecule has 90 valence electrons. The Labute approximate surface area is 122 Å². The molecule has 1 aromatic carbocycles. The Balaban J connectivity index is 2.33. The highest BCUT2D eigenvalue weighted by Crippen LogP contribution is 2.33. The summed E-state index contributed by atoms with van der Waals surface area (Å²) in [4.78, 5) is 6.67. The molecule has 0 atom stereocenters. The van der Waals surface area contributed by atoms with Crippen LogP contribution in [0.3, 0.4) is 0 Å². The standard InChI is InChI=1S/C12H12Br2N2S/c1-16(2)9-5-3-8(4-6-9)12-15-10(7-13)11(14)17-12/h3-6H,7H2,1-2H3. The van der Waals surface area contributed by atoms with Gasteiger partial charge in [-0.25, -0.2) is 4.98 Å². The van der Waals surface area contributed by atoms with Crippen LogP contribution in [0.25, 0.3) is 10.6 Å². The van der Waals surface area contributed by atoms with Gasteiger partial charge in [0, 0.05) is 30.7 Å². The summed E-state index contributed by atoms with van der Waals surface area (Å²) in [5, 5.41) is 1.83. The van der Waals surface area contributed by atoms with Gasteiger partial charge in [0.05, 0.1) is 9.48 Å². The first-order chi connectivity index (χ1) is 8.11. The van der Waals surface area contributed by atoms with E-state index in [0.29, 0.717) is 0 Å². The number of hydrogen-bond acceptors (Lipinski definition) is 3. The smallest absolute Gasteiger partial charge is 0.124 e. The van der Waals surface area contributed by atoms with Crippen LogP contribution in [0.2, 0.25) is 0 Å². The SMILES string of the molecule is CN(C)c1ccc(-c2nc(CBr)c(Br)s2)cc1. The van der Waals surface area contributed by atoms with E-state index in [-0.39, 0.29) is 0 Å². The number of halogens is 2. The van der Waals surface area contributed by atoms with Crippen molar-refractivity contribution in [3.05, 3.63) is 33.7 Å². The number of aromatic nitrogens is 1. The molecule has 0 amide bonds. The van der Waals surface area contributed by atoms with Gasteiger partial charge in [-0.05, 0) is 40.2 Å². The van der Waals surface area contributed by atoms with Crippen molar-refractivity contribution in [2.75, 3.05) is 19.0 Å². The van der Waals surface area contributed by atoms with Crippen molar-refractivity contribution in [1.29, 1.82) is 0 Å². The highest BCUT2D eigenvalue weighted by molar-refractivity contribution is 9.11. The number of benzene rings is 1. The maximum absolute atomic E-state index is 4.58. The van der Waals surface area contributed by atoms with Crippen molar-refractivity contribution >= 4 is 48.9 Å². The van der Waals surface area contributed by atoms with Gasteiger partial charge in [0.15, 0.2) is 0 Å². The number of hydrogen-bond donors (Lipinski definition) is 0.